The third-order valence-electron chi connectivity index (χ3n) is 4.11. The van der Waals surface area contributed by atoms with Gasteiger partial charge in [-0.15, -0.1) is 0 Å². The fourth-order valence-electron chi connectivity index (χ4n) is 2.71. The minimum atomic E-state index is -0.129. The number of halogens is 1. The van der Waals surface area contributed by atoms with E-state index in [1.54, 1.807) is 11.0 Å². The van der Waals surface area contributed by atoms with Crippen LogP contribution in [0.1, 0.15) is 11.3 Å². The largest absolute Gasteiger partial charge is 0.457 e. The van der Waals surface area contributed by atoms with Crippen LogP contribution in [-0.2, 0) is 4.79 Å². The SMILES string of the molecule is Cc1ccc(N2C(=O)C(=Cc3ccc(-c4ccc(Br)cc4)o3)SC2=S)cc1. The van der Waals surface area contributed by atoms with E-state index in [-0.39, 0.29) is 5.91 Å². The number of nitrogens with zero attached hydrogens (tertiary/aromatic N) is 1. The van der Waals surface area contributed by atoms with Crippen molar-refractivity contribution in [3.8, 4) is 11.3 Å². The predicted octanol–water partition coefficient (Wildman–Crippen LogP) is 6.42. The first-order valence-electron chi connectivity index (χ1n) is 8.22. The van der Waals surface area contributed by atoms with Gasteiger partial charge in [-0.05, 0) is 43.3 Å². The third kappa shape index (κ3) is 3.78. The molecule has 0 radical (unpaired) electrons. The molecule has 1 fully saturated rings. The maximum absolute atomic E-state index is 12.8. The number of carbonyl (C=O) groups excluding carboxylic acids is 1. The highest BCUT2D eigenvalue weighted by Gasteiger charge is 2.33. The van der Waals surface area contributed by atoms with Crippen molar-refractivity contribution >= 4 is 61.9 Å². The number of thiocarbonyl (C=S) groups is 1. The molecule has 0 saturated carbocycles. The highest BCUT2D eigenvalue weighted by molar-refractivity contribution is 9.10. The Hall–Kier alpha value is -2.15. The fourth-order valence-corrected chi connectivity index (χ4v) is 4.26. The van der Waals surface area contributed by atoms with Crippen LogP contribution in [0.2, 0.25) is 0 Å². The lowest BCUT2D eigenvalue weighted by atomic mass is 10.2. The maximum Gasteiger partial charge on any atom is 0.270 e. The van der Waals surface area contributed by atoms with Crippen LogP contribution in [-0.4, -0.2) is 10.2 Å². The van der Waals surface area contributed by atoms with E-state index in [2.05, 4.69) is 15.9 Å². The highest BCUT2D eigenvalue weighted by atomic mass is 79.9. The summed E-state index contributed by atoms with van der Waals surface area (Å²) in [6, 6.07) is 19.4. The van der Waals surface area contributed by atoms with Crippen LogP contribution in [0.25, 0.3) is 17.4 Å². The van der Waals surface area contributed by atoms with E-state index in [1.807, 2.05) is 67.6 Å². The number of anilines is 1. The number of aryl methyl sites for hydroxylation is 1. The second kappa shape index (κ2) is 7.46. The number of rotatable bonds is 3. The summed E-state index contributed by atoms with van der Waals surface area (Å²) in [5.74, 6) is 1.25. The van der Waals surface area contributed by atoms with Crippen molar-refractivity contribution in [2.24, 2.45) is 0 Å². The van der Waals surface area contributed by atoms with Gasteiger partial charge in [-0.1, -0.05) is 69.7 Å². The molecule has 1 aliphatic heterocycles. The molecular weight excluding hydrogens is 442 g/mol. The number of hydrogen-bond acceptors (Lipinski definition) is 4. The van der Waals surface area contributed by atoms with Gasteiger partial charge in [0.1, 0.15) is 11.5 Å². The Balaban J connectivity index is 1.59. The van der Waals surface area contributed by atoms with Crippen LogP contribution in [0, 0.1) is 6.92 Å². The van der Waals surface area contributed by atoms with Crippen molar-refractivity contribution < 1.29 is 9.21 Å². The zero-order chi connectivity index (χ0) is 19.0. The Labute approximate surface area is 175 Å². The summed E-state index contributed by atoms with van der Waals surface area (Å²) >= 11 is 10.1. The van der Waals surface area contributed by atoms with Crippen molar-refractivity contribution in [1.82, 2.24) is 0 Å². The van der Waals surface area contributed by atoms with Crippen molar-refractivity contribution in [3.05, 3.63) is 81.4 Å². The standard InChI is InChI=1S/C21H14BrNO2S2/c1-13-2-8-16(9-3-13)23-20(24)19(27-21(23)26)12-17-10-11-18(25-17)14-4-6-15(22)7-5-14/h2-12H,1H3. The summed E-state index contributed by atoms with van der Waals surface area (Å²) in [6.07, 6.45) is 1.75. The summed E-state index contributed by atoms with van der Waals surface area (Å²) in [5, 5.41) is 0. The summed E-state index contributed by atoms with van der Waals surface area (Å²) < 4.78 is 7.43. The summed E-state index contributed by atoms with van der Waals surface area (Å²) in [7, 11) is 0. The Morgan fingerprint density at radius 3 is 2.44 bits per heavy atom. The van der Waals surface area contributed by atoms with Gasteiger partial charge in [-0.25, -0.2) is 0 Å². The van der Waals surface area contributed by atoms with Gasteiger partial charge in [-0.3, -0.25) is 9.69 Å². The molecule has 0 unspecified atom stereocenters. The number of amides is 1. The highest BCUT2D eigenvalue weighted by Crippen LogP contribution is 2.36. The van der Waals surface area contributed by atoms with E-state index in [9.17, 15) is 4.79 Å². The zero-order valence-electron chi connectivity index (χ0n) is 14.3. The number of carbonyl (C=O) groups is 1. The molecule has 0 atom stereocenters. The van der Waals surface area contributed by atoms with Crippen LogP contribution in [0.5, 0.6) is 0 Å². The molecular formula is C21H14BrNO2S2. The van der Waals surface area contributed by atoms with E-state index < -0.39 is 0 Å². The molecule has 134 valence electrons. The van der Waals surface area contributed by atoms with Crippen molar-refractivity contribution in [3.63, 3.8) is 0 Å². The predicted molar refractivity (Wildman–Crippen MR) is 119 cm³/mol. The molecule has 0 N–H and O–H groups in total. The van der Waals surface area contributed by atoms with Crippen molar-refractivity contribution in [2.45, 2.75) is 6.92 Å². The fraction of sp³-hybridized carbons (Fsp3) is 0.0476. The second-order valence-electron chi connectivity index (χ2n) is 6.06. The average Bonchev–Trinajstić information content (AvgIpc) is 3.22. The molecule has 0 aliphatic carbocycles. The summed E-state index contributed by atoms with van der Waals surface area (Å²) in [4.78, 5) is 14.9. The van der Waals surface area contributed by atoms with Crippen LogP contribution < -0.4 is 4.90 Å². The molecule has 3 nitrogen and oxygen atoms in total. The Kier molecular flexibility index (Phi) is 5.04. The van der Waals surface area contributed by atoms with Gasteiger partial charge in [0.25, 0.3) is 5.91 Å². The first-order valence-corrected chi connectivity index (χ1v) is 10.2. The Morgan fingerprint density at radius 1 is 1.04 bits per heavy atom. The van der Waals surface area contributed by atoms with Crippen LogP contribution >= 0.6 is 39.9 Å². The minimum absolute atomic E-state index is 0.129. The minimum Gasteiger partial charge on any atom is -0.457 e. The molecule has 0 spiro atoms. The van der Waals surface area contributed by atoms with Crippen LogP contribution in [0.3, 0.4) is 0 Å². The van der Waals surface area contributed by atoms with Gasteiger partial charge < -0.3 is 4.42 Å². The molecule has 1 aliphatic rings. The van der Waals surface area contributed by atoms with Gasteiger partial charge in [-0.2, -0.15) is 0 Å². The quantitative estimate of drug-likeness (QED) is 0.336. The monoisotopic (exact) mass is 455 g/mol. The smallest absolute Gasteiger partial charge is 0.270 e. The van der Waals surface area contributed by atoms with E-state index in [0.717, 1.165) is 27.0 Å². The lowest BCUT2D eigenvalue weighted by molar-refractivity contribution is -0.113. The first-order chi connectivity index (χ1) is 13.0. The zero-order valence-corrected chi connectivity index (χ0v) is 17.5. The molecule has 0 bridgehead atoms. The van der Waals surface area contributed by atoms with Crippen molar-refractivity contribution in [1.29, 1.82) is 0 Å². The molecule has 6 heteroatoms. The molecule has 1 aromatic heterocycles. The summed E-state index contributed by atoms with van der Waals surface area (Å²) in [5.41, 5.74) is 2.89. The van der Waals surface area contributed by atoms with Crippen LogP contribution in [0.4, 0.5) is 5.69 Å². The normalized spacial score (nSPS) is 15.8. The van der Waals surface area contributed by atoms with Crippen molar-refractivity contribution in [2.75, 3.05) is 4.90 Å². The maximum atomic E-state index is 12.8. The summed E-state index contributed by atoms with van der Waals surface area (Å²) in [6.45, 7) is 2.01. The van der Waals surface area contributed by atoms with Gasteiger partial charge in [0, 0.05) is 16.1 Å². The van der Waals surface area contributed by atoms with E-state index in [1.165, 1.54) is 11.8 Å². The lowest BCUT2D eigenvalue weighted by Gasteiger charge is -2.14. The average molecular weight is 456 g/mol. The van der Waals surface area contributed by atoms with Gasteiger partial charge in [0.2, 0.25) is 0 Å². The Morgan fingerprint density at radius 2 is 1.74 bits per heavy atom. The second-order valence-corrected chi connectivity index (χ2v) is 8.65. The molecule has 3 aromatic rings. The third-order valence-corrected chi connectivity index (χ3v) is 5.95. The molecule has 27 heavy (non-hydrogen) atoms. The lowest BCUT2D eigenvalue weighted by Crippen LogP contribution is -2.27. The number of furan rings is 1. The molecule has 2 aromatic carbocycles. The molecule has 1 saturated heterocycles. The molecule has 4 rings (SSSR count). The van der Waals surface area contributed by atoms with Gasteiger partial charge >= 0.3 is 0 Å². The number of thioether (sulfide) groups is 1. The first kappa shape index (κ1) is 18.2. The van der Waals surface area contributed by atoms with Gasteiger partial charge in [0.15, 0.2) is 4.32 Å². The van der Waals surface area contributed by atoms with Gasteiger partial charge in [0.05, 0.1) is 10.6 Å². The van der Waals surface area contributed by atoms with E-state index >= 15 is 0 Å². The molecule has 1 amide bonds. The number of benzene rings is 2. The topological polar surface area (TPSA) is 33.5 Å². The number of hydrogen-bond donors (Lipinski definition) is 0. The molecule has 2 heterocycles. The Bertz CT molecular complexity index is 1050. The van der Waals surface area contributed by atoms with Crippen LogP contribution in [0.15, 0.2) is 74.5 Å². The van der Waals surface area contributed by atoms with E-state index in [0.29, 0.717) is 15.0 Å². The van der Waals surface area contributed by atoms with E-state index in [4.69, 9.17) is 16.6 Å².